The second-order valence-electron chi connectivity index (χ2n) is 5.20. The first-order valence-corrected chi connectivity index (χ1v) is 6.97. The fraction of sp³-hybridized carbons (Fsp3) is 0.438. The Morgan fingerprint density at radius 1 is 1.20 bits per heavy atom. The molecule has 0 saturated heterocycles. The third-order valence-corrected chi connectivity index (χ3v) is 3.26. The lowest BCUT2D eigenvalue weighted by atomic mass is 10.1. The SMILES string of the molecule is CN(C)CCCOC(c1ccccc1)c1ccnn1C. The minimum absolute atomic E-state index is 0.0501. The summed E-state index contributed by atoms with van der Waals surface area (Å²) in [6.45, 7) is 1.77. The molecule has 0 aliphatic carbocycles. The van der Waals surface area contributed by atoms with Crippen LogP contribution in [0.25, 0.3) is 0 Å². The van der Waals surface area contributed by atoms with Crippen LogP contribution in [0.3, 0.4) is 0 Å². The summed E-state index contributed by atoms with van der Waals surface area (Å²) in [6.07, 6.45) is 2.79. The van der Waals surface area contributed by atoms with Crippen LogP contribution in [0.4, 0.5) is 0 Å². The quantitative estimate of drug-likeness (QED) is 0.726. The summed E-state index contributed by atoms with van der Waals surface area (Å²) in [6, 6.07) is 12.3. The highest BCUT2D eigenvalue weighted by atomic mass is 16.5. The lowest BCUT2D eigenvalue weighted by Crippen LogP contribution is -2.17. The van der Waals surface area contributed by atoms with Crippen LogP contribution in [0, 0.1) is 0 Å². The zero-order valence-electron chi connectivity index (χ0n) is 12.5. The molecular weight excluding hydrogens is 250 g/mol. The average Bonchev–Trinajstić information content (AvgIpc) is 2.86. The number of hydrogen-bond acceptors (Lipinski definition) is 3. The van der Waals surface area contributed by atoms with Gasteiger partial charge in [-0.3, -0.25) is 4.68 Å². The minimum atomic E-state index is -0.0501. The van der Waals surface area contributed by atoms with Gasteiger partial charge in [0.25, 0.3) is 0 Å². The smallest absolute Gasteiger partial charge is 0.124 e. The molecule has 2 aromatic rings. The zero-order valence-corrected chi connectivity index (χ0v) is 12.5. The molecule has 1 unspecified atom stereocenters. The van der Waals surface area contributed by atoms with Gasteiger partial charge in [-0.2, -0.15) is 5.10 Å². The largest absolute Gasteiger partial charge is 0.367 e. The van der Waals surface area contributed by atoms with Gasteiger partial charge in [-0.05, 0) is 38.7 Å². The van der Waals surface area contributed by atoms with Gasteiger partial charge in [-0.15, -0.1) is 0 Å². The van der Waals surface area contributed by atoms with Crippen molar-refractivity contribution in [2.24, 2.45) is 7.05 Å². The maximum absolute atomic E-state index is 6.12. The molecule has 0 saturated carbocycles. The van der Waals surface area contributed by atoms with Crippen LogP contribution in [-0.2, 0) is 11.8 Å². The summed E-state index contributed by atoms with van der Waals surface area (Å²) in [5.74, 6) is 0. The highest BCUT2D eigenvalue weighted by Gasteiger charge is 2.17. The fourth-order valence-corrected chi connectivity index (χ4v) is 2.20. The van der Waals surface area contributed by atoms with Crippen molar-refractivity contribution in [2.45, 2.75) is 12.5 Å². The summed E-state index contributed by atoms with van der Waals surface area (Å²) in [4.78, 5) is 2.17. The number of nitrogens with zero attached hydrogens (tertiary/aromatic N) is 3. The summed E-state index contributed by atoms with van der Waals surface area (Å²) >= 11 is 0. The molecule has 108 valence electrons. The number of aryl methyl sites for hydroxylation is 1. The molecule has 0 radical (unpaired) electrons. The second kappa shape index (κ2) is 7.22. The maximum atomic E-state index is 6.12. The maximum Gasteiger partial charge on any atom is 0.124 e. The van der Waals surface area contributed by atoms with Crippen molar-refractivity contribution in [1.82, 2.24) is 14.7 Å². The van der Waals surface area contributed by atoms with Crippen LogP contribution in [0.15, 0.2) is 42.6 Å². The van der Waals surface area contributed by atoms with E-state index in [1.165, 1.54) is 5.56 Å². The Balaban J connectivity index is 2.08. The number of aromatic nitrogens is 2. The van der Waals surface area contributed by atoms with Crippen molar-refractivity contribution < 1.29 is 4.74 Å². The Hall–Kier alpha value is -1.65. The molecule has 0 aliphatic heterocycles. The Labute approximate surface area is 121 Å². The monoisotopic (exact) mass is 273 g/mol. The van der Waals surface area contributed by atoms with E-state index in [0.29, 0.717) is 0 Å². The second-order valence-corrected chi connectivity index (χ2v) is 5.20. The van der Waals surface area contributed by atoms with Gasteiger partial charge in [-0.25, -0.2) is 0 Å². The third kappa shape index (κ3) is 3.92. The summed E-state index contributed by atoms with van der Waals surface area (Å²) in [5, 5.41) is 4.25. The van der Waals surface area contributed by atoms with E-state index in [1.807, 2.05) is 42.2 Å². The molecule has 0 N–H and O–H groups in total. The molecular formula is C16H23N3O. The molecule has 0 aliphatic rings. The Morgan fingerprint density at radius 2 is 1.95 bits per heavy atom. The molecule has 0 fully saturated rings. The standard InChI is InChI=1S/C16H23N3O/c1-18(2)12-7-13-20-16(14-8-5-4-6-9-14)15-10-11-17-19(15)3/h4-6,8-11,16H,7,12-13H2,1-3H3. The average molecular weight is 273 g/mol. The highest BCUT2D eigenvalue weighted by Crippen LogP contribution is 2.25. The number of benzene rings is 1. The van der Waals surface area contributed by atoms with Crippen molar-refractivity contribution >= 4 is 0 Å². The van der Waals surface area contributed by atoms with E-state index in [0.717, 1.165) is 25.3 Å². The van der Waals surface area contributed by atoms with Gasteiger partial charge >= 0.3 is 0 Å². The lowest BCUT2D eigenvalue weighted by Gasteiger charge is -2.19. The van der Waals surface area contributed by atoms with Gasteiger partial charge in [0.05, 0.1) is 5.69 Å². The van der Waals surface area contributed by atoms with Gasteiger partial charge in [-0.1, -0.05) is 30.3 Å². The fourth-order valence-electron chi connectivity index (χ4n) is 2.20. The van der Waals surface area contributed by atoms with Crippen molar-refractivity contribution in [1.29, 1.82) is 0 Å². The molecule has 0 amide bonds. The van der Waals surface area contributed by atoms with Crippen LogP contribution >= 0.6 is 0 Å². The van der Waals surface area contributed by atoms with Gasteiger partial charge in [0.1, 0.15) is 6.10 Å². The third-order valence-electron chi connectivity index (χ3n) is 3.26. The first kappa shape index (κ1) is 14.8. The number of hydrogen-bond donors (Lipinski definition) is 0. The van der Waals surface area contributed by atoms with E-state index in [-0.39, 0.29) is 6.10 Å². The molecule has 0 spiro atoms. The predicted octanol–water partition coefficient (Wildman–Crippen LogP) is 2.48. The van der Waals surface area contributed by atoms with Gasteiger partial charge in [0, 0.05) is 19.9 Å². The normalized spacial score (nSPS) is 12.8. The molecule has 1 atom stereocenters. The van der Waals surface area contributed by atoms with E-state index < -0.39 is 0 Å². The van der Waals surface area contributed by atoms with Gasteiger partial charge in [0.15, 0.2) is 0 Å². The summed E-state index contributed by atoms with van der Waals surface area (Å²) < 4.78 is 7.99. The van der Waals surface area contributed by atoms with E-state index >= 15 is 0 Å². The molecule has 20 heavy (non-hydrogen) atoms. The minimum Gasteiger partial charge on any atom is -0.367 e. The number of ether oxygens (including phenoxy) is 1. The summed E-state index contributed by atoms with van der Waals surface area (Å²) in [5.41, 5.74) is 2.25. The predicted molar refractivity (Wildman–Crippen MR) is 80.6 cm³/mol. The zero-order chi connectivity index (χ0) is 14.4. The van der Waals surface area contributed by atoms with Crippen molar-refractivity contribution in [3.8, 4) is 0 Å². The molecule has 2 rings (SSSR count). The van der Waals surface area contributed by atoms with E-state index in [1.54, 1.807) is 0 Å². The van der Waals surface area contributed by atoms with Crippen LogP contribution in [0.1, 0.15) is 23.8 Å². The topological polar surface area (TPSA) is 30.3 Å². The van der Waals surface area contributed by atoms with Crippen LogP contribution in [0.2, 0.25) is 0 Å². The van der Waals surface area contributed by atoms with Gasteiger partial charge < -0.3 is 9.64 Å². The Kier molecular flexibility index (Phi) is 5.32. The molecule has 0 bridgehead atoms. The van der Waals surface area contributed by atoms with Crippen LogP contribution < -0.4 is 0 Å². The Morgan fingerprint density at radius 3 is 2.55 bits per heavy atom. The van der Waals surface area contributed by atoms with Crippen LogP contribution in [-0.4, -0.2) is 41.9 Å². The van der Waals surface area contributed by atoms with Crippen molar-refractivity contribution in [3.05, 3.63) is 53.9 Å². The van der Waals surface area contributed by atoms with Crippen molar-refractivity contribution in [2.75, 3.05) is 27.2 Å². The van der Waals surface area contributed by atoms with E-state index in [9.17, 15) is 0 Å². The molecule has 1 aromatic heterocycles. The number of rotatable bonds is 7. The van der Waals surface area contributed by atoms with E-state index in [4.69, 9.17) is 4.74 Å². The first-order valence-electron chi connectivity index (χ1n) is 6.97. The summed E-state index contributed by atoms with van der Waals surface area (Å²) in [7, 11) is 6.11. The Bertz CT molecular complexity index is 507. The van der Waals surface area contributed by atoms with Gasteiger partial charge in [0.2, 0.25) is 0 Å². The molecule has 4 heteroatoms. The van der Waals surface area contributed by atoms with Crippen LogP contribution in [0.5, 0.6) is 0 Å². The first-order chi connectivity index (χ1) is 9.68. The van der Waals surface area contributed by atoms with Crippen molar-refractivity contribution in [3.63, 3.8) is 0 Å². The van der Waals surface area contributed by atoms with E-state index in [2.05, 4.69) is 36.2 Å². The lowest BCUT2D eigenvalue weighted by molar-refractivity contribution is 0.0693. The highest BCUT2D eigenvalue weighted by molar-refractivity contribution is 5.25. The molecule has 1 heterocycles. The molecule has 1 aromatic carbocycles. The molecule has 4 nitrogen and oxygen atoms in total.